The third kappa shape index (κ3) is 5.23. The molecule has 1 aliphatic heterocycles. The number of nitrogens with zero attached hydrogens (tertiary/aromatic N) is 2. The number of carbonyl (C=O) groups excluding carboxylic acids is 1. The molecule has 1 saturated heterocycles. The van der Waals surface area contributed by atoms with E-state index in [4.69, 9.17) is 9.47 Å². The van der Waals surface area contributed by atoms with E-state index in [1.165, 1.54) is 0 Å². The topological polar surface area (TPSA) is 63.7 Å². The molecule has 116 valence electrons. The van der Waals surface area contributed by atoms with Gasteiger partial charge in [0, 0.05) is 25.8 Å². The number of rotatable bonds is 6. The molecule has 0 unspecified atom stereocenters. The molecule has 21 heavy (non-hydrogen) atoms. The summed E-state index contributed by atoms with van der Waals surface area (Å²) in [6, 6.07) is 3.74. The second kappa shape index (κ2) is 8.46. The van der Waals surface area contributed by atoms with Crippen molar-refractivity contribution in [3.63, 3.8) is 0 Å². The van der Waals surface area contributed by atoms with Gasteiger partial charge in [0.1, 0.15) is 12.4 Å². The Morgan fingerprint density at radius 1 is 1.43 bits per heavy atom. The molecule has 1 aromatic heterocycles. The highest BCUT2D eigenvalue weighted by Crippen LogP contribution is 2.14. The molecule has 0 radical (unpaired) electrons. The van der Waals surface area contributed by atoms with Crippen molar-refractivity contribution in [1.29, 1.82) is 0 Å². The van der Waals surface area contributed by atoms with Crippen LogP contribution in [0.25, 0.3) is 0 Å². The van der Waals surface area contributed by atoms with Crippen LogP contribution in [0.3, 0.4) is 0 Å². The van der Waals surface area contributed by atoms with E-state index in [1.54, 1.807) is 12.4 Å². The average molecular weight is 293 g/mol. The van der Waals surface area contributed by atoms with E-state index in [1.807, 2.05) is 24.0 Å². The number of aromatic nitrogens is 1. The van der Waals surface area contributed by atoms with Crippen LogP contribution in [0.4, 0.5) is 4.79 Å². The first-order valence-electron chi connectivity index (χ1n) is 7.46. The number of piperidine rings is 1. The predicted octanol–water partition coefficient (Wildman–Crippen LogP) is 1.67. The molecule has 1 aromatic rings. The number of pyridine rings is 1. The summed E-state index contributed by atoms with van der Waals surface area (Å²) in [5.41, 5.74) is 0. The van der Waals surface area contributed by atoms with E-state index in [0.717, 1.165) is 31.7 Å². The molecule has 6 nitrogen and oxygen atoms in total. The zero-order valence-corrected chi connectivity index (χ0v) is 12.5. The van der Waals surface area contributed by atoms with Crippen molar-refractivity contribution in [3.8, 4) is 5.75 Å². The van der Waals surface area contributed by atoms with Crippen molar-refractivity contribution in [3.05, 3.63) is 24.5 Å². The predicted molar refractivity (Wildman–Crippen MR) is 79.4 cm³/mol. The highest BCUT2D eigenvalue weighted by atomic mass is 16.5. The average Bonchev–Trinajstić information content (AvgIpc) is 2.53. The second-order valence-electron chi connectivity index (χ2n) is 4.93. The quantitative estimate of drug-likeness (QED) is 0.810. The fraction of sp³-hybridized carbons (Fsp3) is 0.600. The number of nitrogens with one attached hydrogen (secondary N) is 1. The maximum absolute atomic E-state index is 11.7. The Morgan fingerprint density at radius 3 is 2.90 bits per heavy atom. The van der Waals surface area contributed by atoms with Crippen LogP contribution in [0.2, 0.25) is 0 Å². The monoisotopic (exact) mass is 293 g/mol. The summed E-state index contributed by atoms with van der Waals surface area (Å²) in [6.45, 7) is 5.17. The van der Waals surface area contributed by atoms with Gasteiger partial charge in [0.05, 0.1) is 18.9 Å². The summed E-state index contributed by atoms with van der Waals surface area (Å²) < 4.78 is 11.3. The van der Waals surface area contributed by atoms with Gasteiger partial charge in [0.25, 0.3) is 0 Å². The summed E-state index contributed by atoms with van der Waals surface area (Å²) >= 11 is 0. The van der Waals surface area contributed by atoms with E-state index < -0.39 is 0 Å². The molecule has 0 saturated carbocycles. The van der Waals surface area contributed by atoms with Gasteiger partial charge in [0.15, 0.2) is 0 Å². The van der Waals surface area contributed by atoms with Gasteiger partial charge in [-0.2, -0.15) is 0 Å². The first-order valence-corrected chi connectivity index (χ1v) is 7.46. The minimum absolute atomic E-state index is 0.0239. The van der Waals surface area contributed by atoms with Gasteiger partial charge >= 0.3 is 6.03 Å². The molecule has 1 fully saturated rings. The molecule has 0 bridgehead atoms. The molecule has 2 heterocycles. The van der Waals surface area contributed by atoms with Crippen molar-refractivity contribution in [1.82, 2.24) is 15.2 Å². The number of ether oxygens (including phenoxy) is 2. The zero-order valence-electron chi connectivity index (χ0n) is 12.5. The first-order chi connectivity index (χ1) is 10.3. The van der Waals surface area contributed by atoms with Gasteiger partial charge in [-0.15, -0.1) is 0 Å². The van der Waals surface area contributed by atoms with Crippen LogP contribution in [0.5, 0.6) is 5.75 Å². The maximum atomic E-state index is 11.7. The maximum Gasteiger partial charge on any atom is 0.317 e. The van der Waals surface area contributed by atoms with Crippen LogP contribution in [0.1, 0.15) is 19.8 Å². The second-order valence-corrected chi connectivity index (χ2v) is 4.93. The number of amides is 2. The summed E-state index contributed by atoms with van der Waals surface area (Å²) in [5.74, 6) is 0.757. The van der Waals surface area contributed by atoms with Crippen molar-refractivity contribution in [2.75, 3.05) is 32.8 Å². The standard InChI is InChI=1S/C15H23N3O3/c1-2-17-15(19)18-8-5-13(6-9-18)20-10-11-21-14-4-3-7-16-12-14/h3-4,7,12-13H,2,5-6,8-11H2,1H3,(H,17,19). The summed E-state index contributed by atoms with van der Waals surface area (Å²) in [6.07, 6.45) is 5.37. The molecule has 0 atom stereocenters. The SMILES string of the molecule is CCNC(=O)N1CCC(OCCOc2cccnc2)CC1. The molecular formula is C15H23N3O3. The highest BCUT2D eigenvalue weighted by molar-refractivity contribution is 5.74. The van der Waals surface area contributed by atoms with Crippen LogP contribution >= 0.6 is 0 Å². The lowest BCUT2D eigenvalue weighted by Gasteiger charge is -2.31. The molecule has 2 amide bonds. The van der Waals surface area contributed by atoms with E-state index in [-0.39, 0.29) is 12.1 Å². The Bertz CT molecular complexity index is 419. The number of hydrogen-bond acceptors (Lipinski definition) is 4. The number of likely N-dealkylation sites (tertiary alicyclic amines) is 1. The Morgan fingerprint density at radius 2 is 2.24 bits per heavy atom. The lowest BCUT2D eigenvalue weighted by atomic mass is 10.1. The van der Waals surface area contributed by atoms with Crippen molar-refractivity contribution >= 4 is 6.03 Å². The van der Waals surface area contributed by atoms with Gasteiger partial charge in [-0.3, -0.25) is 4.98 Å². The molecule has 1 aliphatic rings. The Kier molecular flexibility index (Phi) is 6.27. The lowest BCUT2D eigenvalue weighted by molar-refractivity contribution is 0.00188. The Balaban J connectivity index is 1.58. The normalized spacial score (nSPS) is 15.8. The van der Waals surface area contributed by atoms with Crippen molar-refractivity contribution in [2.45, 2.75) is 25.9 Å². The Labute approximate surface area is 125 Å². The van der Waals surface area contributed by atoms with Crippen LogP contribution in [0, 0.1) is 0 Å². The van der Waals surface area contributed by atoms with Gasteiger partial charge < -0.3 is 19.7 Å². The molecule has 0 spiro atoms. The summed E-state index contributed by atoms with van der Waals surface area (Å²) in [7, 11) is 0. The largest absolute Gasteiger partial charge is 0.490 e. The van der Waals surface area contributed by atoms with Gasteiger partial charge in [0.2, 0.25) is 0 Å². The molecule has 0 aliphatic carbocycles. The molecule has 1 N–H and O–H groups in total. The van der Waals surface area contributed by atoms with E-state index >= 15 is 0 Å². The van der Waals surface area contributed by atoms with Gasteiger partial charge in [-0.1, -0.05) is 0 Å². The molecule has 6 heteroatoms. The van der Waals surface area contributed by atoms with Gasteiger partial charge in [-0.05, 0) is 31.9 Å². The fourth-order valence-corrected chi connectivity index (χ4v) is 2.30. The minimum atomic E-state index is 0.0239. The third-order valence-corrected chi connectivity index (χ3v) is 3.40. The van der Waals surface area contributed by atoms with Crippen LogP contribution in [-0.2, 0) is 4.74 Å². The molecule has 2 rings (SSSR count). The number of hydrogen-bond donors (Lipinski definition) is 1. The van der Waals surface area contributed by atoms with Gasteiger partial charge in [-0.25, -0.2) is 4.79 Å². The lowest BCUT2D eigenvalue weighted by Crippen LogP contribution is -2.46. The van der Waals surface area contributed by atoms with E-state index in [9.17, 15) is 4.79 Å². The van der Waals surface area contributed by atoms with E-state index in [2.05, 4.69) is 10.3 Å². The van der Waals surface area contributed by atoms with Crippen LogP contribution in [0.15, 0.2) is 24.5 Å². The highest BCUT2D eigenvalue weighted by Gasteiger charge is 2.22. The summed E-state index contributed by atoms with van der Waals surface area (Å²) in [4.78, 5) is 17.5. The summed E-state index contributed by atoms with van der Waals surface area (Å²) in [5, 5.41) is 2.82. The van der Waals surface area contributed by atoms with E-state index in [0.29, 0.717) is 19.8 Å². The van der Waals surface area contributed by atoms with Crippen LogP contribution < -0.4 is 10.1 Å². The number of urea groups is 1. The zero-order chi connectivity index (χ0) is 14.9. The van der Waals surface area contributed by atoms with Crippen molar-refractivity contribution < 1.29 is 14.3 Å². The number of carbonyl (C=O) groups is 1. The molecule has 0 aromatic carbocycles. The Hall–Kier alpha value is -1.82. The molecular weight excluding hydrogens is 270 g/mol. The fourth-order valence-electron chi connectivity index (χ4n) is 2.30. The van der Waals surface area contributed by atoms with Crippen molar-refractivity contribution in [2.24, 2.45) is 0 Å². The third-order valence-electron chi connectivity index (χ3n) is 3.40. The first kappa shape index (κ1) is 15.6. The smallest absolute Gasteiger partial charge is 0.317 e. The minimum Gasteiger partial charge on any atom is -0.490 e. The van der Waals surface area contributed by atoms with Crippen LogP contribution in [-0.4, -0.2) is 54.9 Å².